The normalized spacial score (nSPS) is 18.5. The molecule has 1 aromatic rings. The van der Waals surface area contributed by atoms with E-state index in [-0.39, 0.29) is 11.9 Å². The van der Waals surface area contributed by atoms with E-state index in [0.29, 0.717) is 22.9 Å². The molecule has 19 heavy (non-hydrogen) atoms. The zero-order valence-electron chi connectivity index (χ0n) is 11.2. The van der Waals surface area contributed by atoms with Gasteiger partial charge in [-0.05, 0) is 31.0 Å². The molecule has 1 atom stereocenters. The summed E-state index contributed by atoms with van der Waals surface area (Å²) in [5.41, 5.74) is 0.606. The summed E-state index contributed by atoms with van der Waals surface area (Å²) in [7, 11) is 3.13. The number of rotatable bonds is 4. The highest BCUT2D eigenvalue weighted by Gasteiger charge is 2.29. The molecule has 1 aliphatic heterocycles. The number of alkyl halides is 1. The third-order valence-electron chi connectivity index (χ3n) is 3.45. The summed E-state index contributed by atoms with van der Waals surface area (Å²) in [6.45, 7) is 0.768. The van der Waals surface area contributed by atoms with Gasteiger partial charge in [0.1, 0.15) is 0 Å². The lowest BCUT2D eigenvalue weighted by atomic mass is 10.1. The molecule has 104 valence electrons. The summed E-state index contributed by atoms with van der Waals surface area (Å²) >= 11 is 5.90. The van der Waals surface area contributed by atoms with E-state index in [1.54, 1.807) is 32.4 Å². The summed E-state index contributed by atoms with van der Waals surface area (Å²) in [6.07, 6.45) is 1.99. The molecule has 0 aromatic heterocycles. The Hall–Kier alpha value is -1.42. The highest BCUT2D eigenvalue weighted by atomic mass is 35.5. The molecule has 5 heteroatoms. The smallest absolute Gasteiger partial charge is 0.254 e. The van der Waals surface area contributed by atoms with Crippen LogP contribution in [-0.2, 0) is 0 Å². The van der Waals surface area contributed by atoms with Gasteiger partial charge in [-0.1, -0.05) is 0 Å². The van der Waals surface area contributed by atoms with Crippen molar-refractivity contribution in [2.24, 2.45) is 0 Å². The Morgan fingerprint density at radius 3 is 2.74 bits per heavy atom. The van der Waals surface area contributed by atoms with Crippen molar-refractivity contribution in [1.82, 2.24) is 4.90 Å². The molecule has 1 amide bonds. The number of hydrogen-bond acceptors (Lipinski definition) is 3. The van der Waals surface area contributed by atoms with Gasteiger partial charge in [-0.15, -0.1) is 11.6 Å². The highest BCUT2D eigenvalue weighted by molar-refractivity contribution is 6.18. The average Bonchev–Trinajstić information content (AvgIpc) is 2.94. The van der Waals surface area contributed by atoms with Crippen LogP contribution in [0, 0.1) is 0 Å². The first-order valence-corrected chi connectivity index (χ1v) is 6.83. The Bertz CT molecular complexity index is 464. The van der Waals surface area contributed by atoms with Crippen molar-refractivity contribution in [3.05, 3.63) is 23.8 Å². The van der Waals surface area contributed by atoms with Crippen LogP contribution in [0.1, 0.15) is 23.2 Å². The number of amides is 1. The van der Waals surface area contributed by atoms with Gasteiger partial charge >= 0.3 is 0 Å². The first-order chi connectivity index (χ1) is 9.21. The Labute approximate surface area is 118 Å². The van der Waals surface area contributed by atoms with Gasteiger partial charge in [-0.2, -0.15) is 0 Å². The van der Waals surface area contributed by atoms with Crippen LogP contribution in [-0.4, -0.2) is 43.5 Å². The van der Waals surface area contributed by atoms with E-state index < -0.39 is 0 Å². The largest absolute Gasteiger partial charge is 0.493 e. The van der Waals surface area contributed by atoms with Gasteiger partial charge in [0, 0.05) is 24.0 Å². The first-order valence-electron chi connectivity index (χ1n) is 6.30. The summed E-state index contributed by atoms with van der Waals surface area (Å²) < 4.78 is 10.4. The van der Waals surface area contributed by atoms with Crippen molar-refractivity contribution in [3.8, 4) is 11.5 Å². The molecule has 0 saturated carbocycles. The quantitative estimate of drug-likeness (QED) is 0.797. The lowest BCUT2D eigenvalue weighted by Gasteiger charge is -2.23. The Morgan fingerprint density at radius 2 is 2.11 bits per heavy atom. The lowest BCUT2D eigenvalue weighted by molar-refractivity contribution is 0.0748. The fraction of sp³-hybridized carbons (Fsp3) is 0.500. The van der Waals surface area contributed by atoms with Crippen LogP contribution in [0.3, 0.4) is 0 Å². The second kappa shape index (κ2) is 6.15. The number of carbonyl (C=O) groups excluding carboxylic acids is 1. The minimum Gasteiger partial charge on any atom is -0.493 e. The third-order valence-corrected chi connectivity index (χ3v) is 3.80. The minimum atomic E-state index is 0.00380. The van der Waals surface area contributed by atoms with Crippen molar-refractivity contribution < 1.29 is 14.3 Å². The number of benzene rings is 1. The number of methoxy groups -OCH3 is 2. The summed E-state index contributed by atoms with van der Waals surface area (Å²) in [6, 6.07) is 5.36. The Kier molecular flexibility index (Phi) is 4.53. The van der Waals surface area contributed by atoms with Gasteiger partial charge in [0.2, 0.25) is 0 Å². The third kappa shape index (κ3) is 2.78. The number of halogens is 1. The van der Waals surface area contributed by atoms with Gasteiger partial charge < -0.3 is 14.4 Å². The molecule has 1 heterocycles. The minimum absolute atomic E-state index is 0.00380. The number of carbonyl (C=O) groups is 1. The zero-order valence-corrected chi connectivity index (χ0v) is 11.9. The standard InChI is InChI=1S/C14H18ClNO3/c1-18-12-6-5-10(8-13(12)19-2)14(17)16-7-3-4-11(16)9-15/h5-6,8,11H,3-4,7,9H2,1-2H3/t11-/m0/s1. The van der Waals surface area contributed by atoms with Crippen LogP contribution < -0.4 is 9.47 Å². The molecule has 0 bridgehead atoms. The molecule has 2 rings (SSSR count). The highest BCUT2D eigenvalue weighted by Crippen LogP contribution is 2.29. The van der Waals surface area contributed by atoms with E-state index in [9.17, 15) is 4.79 Å². The fourth-order valence-electron chi connectivity index (χ4n) is 2.40. The molecule has 0 aliphatic carbocycles. The summed E-state index contributed by atoms with van der Waals surface area (Å²) in [5, 5.41) is 0. The van der Waals surface area contributed by atoms with Crippen LogP contribution in [0.2, 0.25) is 0 Å². The second-order valence-electron chi connectivity index (χ2n) is 4.52. The van der Waals surface area contributed by atoms with E-state index in [1.807, 2.05) is 4.90 Å². The molecule has 0 N–H and O–H groups in total. The molecule has 1 fully saturated rings. The summed E-state index contributed by atoms with van der Waals surface area (Å²) in [4.78, 5) is 14.3. The van der Waals surface area contributed by atoms with Gasteiger partial charge in [0.25, 0.3) is 5.91 Å². The molecule has 1 saturated heterocycles. The molecule has 0 radical (unpaired) electrons. The lowest BCUT2D eigenvalue weighted by Crippen LogP contribution is -2.36. The molecule has 1 aliphatic rings. The fourth-order valence-corrected chi connectivity index (χ4v) is 2.72. The summed E-state index contributed by atoms with van der Waals surface area (Å²) in [5.74, 6) is 1.67. The number of nitrogens with zero attached hydrogens (tertiary/aromatic N) is 1. The van der Waals surface area contributed by atoms with Crippen molar-refractivity contribution in [1.29, 1.82) is 0 Å². The van der Waals surface area contributed by atoms with Crippen LogP contribution in [0.15, 0.2) is 18.2 Å². The predicted molar refractivity (Wildman–Crippen MR) is 74.3 cm³/mol. The maximum absolute atomic E-state index is 12.5. The van der Waals surface area contributed by atoms with Gasteiger partial charge in [-0.25, -0.2) is 0 Å². The van der Waals surface area contributed by atoms with Crippen molar-refractivity contribution in [3.63, 3.8) is 0 Å². The topological polar surface area (TPSA) is 38.8 Å². The van der Waals surface area contributed by atoms with E-state index in [0.717, 1.165) is 19.4 Å². The van der Waals surface area contributed by atoms with Crippen molar-refractivity contribution in [2.75, 3.05) is 26.6 Å². The van der Waals surface area contributed by atoms with E-state index in [2.05, 4.69) is 0 Å². The Morgan fingerprint density at radius 1 is 1.37 bits per heavy atom. The van der Waals surface area contributed by atoms with Crippen LogP contribution in [0.5, 0.6) is 11.5 Å². The van der Waals surface area contributed by atoms with E-state index >= 15 is 0 Å². The maximum Gasteiger partial charge on any atom is 0.254 e. The average molecular weight is 284 g/mol. The van der Waals surface area contributed by atoms with Crippen LogP contribution >= 0.6 is 11.6 Å². The van der Waals surface area contributed by atoms with E-state index in [4.69, 9.17) is 21.1 Å². The first kappa shape index (κ1) is 14.0. The molecular formula is C14H18ClNO3. The SMILES string of the molecule is COc1ccc(C(=O)N2CCC[C@H]2CCl)cc1OC. The molecule has 4 nitrogen and oxygen atoms in total. The van der Waals surface area contributed by atoms with Gasteiger partial charge in [-0.3, -0.25) is 4.79 Å². The zero-order chi connectivity index (χ0) is 13.8. The van der Waals surface area contributed by atoms with Crippen LogP contribution in [0.4, 0.5) is 0 Å². The molecule has 0 unspecified atom stereocenters. The van der Waals surface area contributed by atoms with E-state index in [1.165, 1.54) is 0 Å². The predicted octanol–water partition coefficient (Wildman–Crippen LogP) is 2.55. The number of hydrogen-bond donors (Lipinski definition) is 0. The Balaban J connectivity index is 2.24. The second-order valence-corrected chi connectivity index (χ2v) is 4.83. The monoisotopic (exact) mass is 283 g/mol. The van der Waals surface area contributed by atoms with Crippen molar-refractivity contribution in [2.45, 2.75) is 18.9 Å². The van der Waals surface area contributed by atoms with Gasteiger partial charge in [0.05, 0.1) is 14.2 Å². The molecule has 0 spiro atoms. The number of ether oxygens (including phenoxy) is 2. The molecular weight excluding hydrogens is 266 g/mol. The van der Waals surface area contributed by atoms with Crippen LogP contribution in [0.25, 0.3) is 0 Å². The van der Waals surface area contributed by atoms with Gasteiger partial charge in [0.15, 0.2) is 11.5 Å². The number of likely N-dealkylation sites (tertiary alicyclic amines) is 1. The molecule has 1 aromatic carbocycles. The van der Waals surface area contributed by atoms with Crippen molar-refractivity contribution >= 4 is 17.5 Å². The maximum atomic E-state index is 12.5.